The molecule has 0 saturated carbocycles. The Morgan fingerprint density at radius 3 is 2.54 bits per heavy atom. The van der Waals surface area contributed by atoms with E-state index in [4.69, 9.17) is 23.2 Å². The number of likely N-dealkylation sites (tertiary alicyclic amines) is 1. The number of carbonyl (C=O) groups is 3. The maximum atomic E-state index is 13.1. The number of nitriles is 1. The molecule has 1 saturated heterocycles. The highest BCUT2D eigenvalue weighted by Gasteiger charge is 2.38. The number of piperidine rings is 1. The Kier molecular flexibility index (Phi) is 9.66. The van der Waals surface area contributed by atoms with E-state index in [0.29, 0.717) is 35.0 Å². The van der Waals surface area contributed by atoms with Gasteiger partial charge in [-0.05, 0) is 99.1 Å². The lowest BCUT2D eigenvalue weighted by Gasteiger charge is -2.37. The number of halogens is 2. The van der Waals surface area contributed by atoms with E-state index in [9.17, 15) is 19.6 Å². The van der Waals surface area contributed by atoms with Crippen LogP contribution in [0.4, 0.5) is 0 Å². The van der Waals surface area contributed by atoms with E-state index < -0.39 is 17.4 Å². The molecule has 206 valence electrons. The Morgan fingerprint density at radius 2 is 1.90 bits per heavy atom. The van der Waals surface area contributed by atoms with E-state index in [1.165, 1.54) is 0 Å². The van der Waals surface area contributed by atoms with E-state index in [-0.39, 0.29) is 5.91 Å². The molecule has 7 nitrogen and oxygen atoms in total. The van der Waals surface area contributed by atoms with Gasteiger partial charge in [0.15, 0.2) is 0 Å². The summed E-state index contributed by atoms with van der Waals surface area (Å²) < 4.78 is 0. The number of fused-ring (bicyclic) bond motifs is 1. The van der Waals surface area contributed by atoms with Gasteiger partial charge in [0.25, 0.3) is 5.91 Å². The van der Waals surface area contributed by atoms with Crippen molar-refractivity contribution in [2.45, 2.75) is 69.9 Å². The fourth-order valence-electron chi connectivity index (χ4n) is 5.87. The Morgan fingerprint density at radius 1 is 1.18 bits per heavy atom. The molecule has 2 aliphatic heterocycles. The second kappa shape index (κ2) is 13.0. The third-order valence-electron chi connectivity index (χ3n) is 8.04. The second-order valence-electron chi connectivity index (χ2n) is 10.5. The fraction of sp³-hybridized carbons (Fsp3) is 0.467. The molecule has 3 amide bonds. The number of nitrogens with zero attached hydrogens (tertiary/aromatic N) is 3. The molecule has 1 atom stereocenters. The first-order chi connectivity index (χ1) is 18.8. The molecule has 2 aromatic rings. The van der Waals surface area contributed by atoms with Crippen molar-refractivity contribution < 1.29 is 14.4 Å². The third-order valence-corrected chi connectivity index (χ3v) is 8.48. The molecule has 0 aromatic heterocycles. The number of benzene rings is 2. The monoisotopic (exact) mass is 568 g/mol. The van der Waals surface area contributed by atoms with E-state index in [1.807, 2.05) is 31.2 Å². The van der Waals surface area contributed by atoms with E-state index in [0.717, 1.165) is 74.8 Å². The van der Waals surface area contributed by atoms with Crippen LogP contribution >= 0.6 is 23.2 Å². The molecule has 0 bridgehead atoms. The minimum Gasteiger partial charge on any atom is -0.322 e. The zero-order chi connectivity index (χ0) is 28.0. The molecule has 0 radical (unpaired) electrons. The molecule has 39 heavy (non-hydrogen) atoms. The van der Waals surface area contributed by atoms with Gasteiger partial charge in [-0.15, -0.1) is 0 Å². The van der Waals surface area contributed by atoms with Crippen molar-refractivity contribution in [2.75, 3.05) is 19.6 Å². The number of hydrogen-bond donors (Lipinski definition) is 1. The molecule has 9 heteroatoms. The van der Waals surface area contributed by atoms with Gasteiger partial charge in [0.05, 0.1) is 11.5 Å². The smallest absolute Gasteiger partial charge is 0.255 e. The topological polar surface area (TPSA) is 93.5 Å². The predicted molar refractivity (Wildman–Crippen MR) is 152 cm³/mol. The largest absolute Gasteiger partial charge is 0.322 e. The minimum atomic E-state index is -0.657. The Labute approximate surface area is 240 Å². The molecule has 2 aromatic carbocycles. The van der Waals surface area contributed by atoms with Gasteiger partial charge in [0, 0.05) is 22.2 Å². The summed E-state index contributed by atoms with van der Waals surface area (Å²) >= 11 is 12.4. The van der Waals surface area contributed by atoms with Crippen LogP contribution in [0, 0.1) is 11.3 Å². The average molecular weight is 570 g/mol. The van der Waals surface area contributed by atoms with Crippen molar-refractivity contribution in [3.63, 3.8) is 0 Å². The maximum absolute atomic E-state index is 13.1. The summed E-state index contributed by atoms with van der Waals surface area (Å²) in [6.07, 6.45) is 5.90. The average Bonchev–Trinajstić information content (AvgIpc) is 3.26. The molecule has 0 spiro atoms. The minimum absolute atomic E-state index is 0.151. The highest BCUT2D eigenvalue weighted by molar-refractivity contribution is 6.34. The van der Waals surface area contributed by atoms with E-state index >= 15 is 0 Å². The number of hydrogen-bond acceptors (Lipinski definition) is 5. The third kappa shape index (κ3) is 6.46. The van der Waals surface area contributed by atoms with Crippen molar-refractivity contribution in [1.29, 1.82) is 5.26 Å². The number of imide groups is 1. The van der Waals surface area contributed by atoms with E-state index in [1.54, 1.807) is 11.0 Å². The van der Waals surface area contributed by atoms with Crippen molar-refractivity contribution in [3.8, 4) is 6.07 Å². The van der Waals surface area contributed by atoms with Crippen LogP contribution in [0.3, 0.4) is 0 Å². The Hall–Kier alpha value is -2.92. The van der Waals surface area contributed by atoms with E-state index in [2.05, 4.69) is 22.4 Å². The van der Waals surface area contributed by atoms with Crippen LogP contribution in [0.15, 0.2) is 36.4 Å². The van der Waals surface area contributed by atoms with Crippen LogP contribution in [0.25, 0.3) is 0 Å². The lowest BCUT2D eigenvalue weighted by molar-refractivity contribution is -0.129. The molecule has 1 fully saturated rings. The molecule has 2 heterocycles. The Bertz CT molecular complexity index is 1250. The first-order valence-electron chi connectivity index (χ1n) is 13.6. The second-order valence-corrected chi connectivity index (χ2v) is 11.3. The molecular weight excluding hydrogens is 535 g/mol. The van der Waals surface area contributed by atoms with Crippen molar-refractivity contribution >= 4 is 41.4 Å². The highest BCUT2D eigenvalue weighted by atomic mass is 35.5. The summed E-state index contributed by atoms with van der Waals surface area (Å²) in [4.78, 5) is 40.4. The quantitative estimate of drug-likeness (QED) is 0.294. The lowest BCUT2D eigenvalue weighted by atomic mass is 9.74. The molecular formula is C30H34Cl2N4O3. The predicted octanol–water partition coefficient (Wildman–Crippen LogP) is 5.27. The van der Waals surface area contributed by atoms with Crippen LogP contribution in [-0.4, -0.2) is 53.7 Å². The molecule has 2 aliphatic rings. The molecule has 0 aliphatic carbocycles. The van der Waals surface area contributed by atoms with Gasteiger partial charge in [0.2, 0.25) is 12.3 Å². The lowest BCUT2D eigenvalue weighted by Crippen LogP contribution is -2.46. The summed E-state index contributed by atoms with van der Waals surface area (Å²) in [7, 11) is 0. The summed E-state index contributed by atoms with van der Waals surface area (Å²) in [6, 6.07) is 13.1. The molecule has 4 rings (SSSR count). The van der Waals surface area contributed by atoms with Crippen LogP contribution in [-0.2, 0) is 28.0 Å². The van der Waals surface area contributed by atoms with Gasteiger partial charge in [-0.25, -0.2) is 0 Å². The van der Waals surface area contributed by atoms with Gasteiger partial charge < -0.3 is 9.80 Å². The zero-order valence-electron chi connectivity index (χ0n) is 22.2. The summed E-state index contributed by atoms with van der Waals surface area (Å²) in [5.74, 6) is -0.586. The highest BCUT2D eigenvalue weighted by Crippen LogP contribution is 2.37. The molecule has 1 unspecified atom stereocenters. The zero-order valence-corrected chi connectivity index (χ0v) is 23.7. The van der Waals surface area contributed by atoms with Crippen LogP contribution in [0.2, 0.25) is 10.0 Å². The van der Waals surface area contributed by atoms with Crippen molar-refractivity contribution in [1.82, 2.24) is 15.1 Å². The molecule has 1 N–H and O–H groups in total. The fourth-order valence-corrected chi connectivity index (χ4v) is 6.39. The Balaban J connectivity index is 1.31. The summed E-state index contributed by atoms with van der Waals surface area (Å²) in [6.45, 7) is 4.96. The van der Waals surface area contributed by atoms with Gasteiger partial charge >= 0.3 is 0 Å². The van der Waals surface area contributed by atoms with Crippen LogP contribution < -0.4 is 5.32 Å². The number of unbranched alkanes of at least 4 members (excludes halogenated alkanes) is 1. The number of aryl methyl sites for hydroxylation is 1. The van der Waals surface area contributed by atoms with Gasteiger partial charge in [-0.2, -0.15) is 5.26 Å². The van der Waals surface area contributed by atoms with Crippen LogP contribution in [0.1, 0.15) is 72.5 Å². The summed E-state index contributed by atoms with van der Waals surface area (Å²) in [5, 5.41) is 13.3. The van der Waals surface area contributed by atoms with Crippen LogP contribution in [0.5, 0.6) is 0 Å². The SMILES string of the molecule is CCCC(C(=O)NC=O)N1Cc2c(CCCCN3CCC(C#N)(c4cc(Cl)cc(Cl)c4)CC3)cccc2C1=O. The standard InChI is InChI=1S/C30H34Cl2N4O3/c1-2-6-27(28(38)34-20-37)36-18-26-21(8-5-9-25(26)29(36)39)7-3-4-12-35-13-10-30(19-33,11-14-35)22-15-23(31)17-24(32)16-22/h5,8-9,15-17,20,27H,2-4,6-7,10-14,18H2,1H3,(H,34,37,38). The van der Waals surface area contributed by atoms with Gasteiger partial charge in [0.1, 0.15) is 6.04 Å². The van der Waals surface area contributed by atoms with Crippen molar-refractivity contribution in [3.05, 3.63) is 68.7 Å². The number of nitrogens with one attached hydrogen (secondary N) is 1. The number of carbonyl (C=O) groups excluding carboxylic acids is 3. The van der Waals surface area contributed by atoms with Gasteiger partial charge in [-0.1, -0.05) is 48.7 Å². The first kappa shape index (κ1) is 29.1. The first-order valence-corrected chi connectivity index (χ1v) is 14.3. The maximum Gasteiger partial charge on any atom is 0.255 e. The normalized spacial score (nSPS) is 17.4. The van der Waals surface area contributed by atoms with Crippen molar-refractivity contribution in [2.24, 2.45) is 0 Å². The van der Waals surface area contributed by atoms with Gasteiger partial charge in [-0.3, -0.25) is 19.7 Å². The number of amides is 3. The summed E-state index contributed by atoms with van der Waals surface area (Å²) in [5.41, 5.74) is 3.10. The number of rotatable bonds is 11.